The molecule has 0 radical (unpaired) electrons. The number of halogens is 3. The SMILES string of the molecule is CCC(Oc1cc(Cl)c(F)c(Br)c1)C(=O)NC(C)(C)/C=C/C(=O)O. The number of carboxylic acid groups (broad SMARTS) is 1. The van der Waals surface area contributed by atoms with Crippen molar-refractivity contribution in [1.29, 1.82) is 0 Å². The van der Waals surface area contributed by atoms with Crippen LogP contribution in [0, 0.1) is 5.82 Å². The topological polar surface area (TPSA) is 75.6 Å². The predicted molar refractivity (Wildman–Crippen MR) is 92.8 cm³/mol. The van der Waals surface area contributed by atoms with Crippen LogP contribution >= 0.6 is 27.5 Å². The van der Waals surface area contributed by atoms with Gasteiger partial charge in [0.1, 0.15) is 5.75 Å². The summed E-state index contributed by atoms with van der Waals surface area (Å²) >= 11 is 8.78. The number of benzene rings is 1. The summed E-state index contributed by atoms with van der Waals surface area (Å²) in [6.07, 6.45) is 1.84. The molecule has 1 aromatic rings. The first-order valence-electron chi connectivity index (χ1n) is 7.11. The molecular weight excluding hydrogens is 405 g/mol. The van der Waals surface area contributed by atoms with E-state index >= 15 is 0 Å². The van der Waals surface area contributed by atoms with Crippen molar-refractivity contribution in [3.8, 4) is 5.75 Å². The molecule has 0 heterocycles. The van der Waals surface area contributed by atoms with Gasteiger partial charge in [0, 0.05) is 12.1 Å². The number of hydrogen-bond acceptors (Lipinski definition) is 3. The number of aliphatic carboxylic acids is 1. The Hall–Kier alpha value is -1.60. The Kier molecular flexibility index (Phi) is 7.23. The highest BCUT2D eigenvalue weighted by molar-refractivity contribution is 9.10. The Morgan fingerprint density at radius 2 is 2.12 bits per heavy atom. The molecule has 0 bridgehead atoms. The molecule has 0 aromatic heterocycles. The zero-order valence-corrected chi connectivity index (χ0v) is 15.7. The van der Waals surface area contributed by atoms with E-state index < -0.39 is 29.3 Å². The number of carbonyl (C=O) groups is 2. The molecule has 5 nitrogen and oxygen atoms in total. The van der Waals surface area contributed by atoms with Crippen LogP contribution in [0.3, 0.4) is 0 Å². The van der Waals surface area contributed by atoms with Crippen LogP contribution < -0.4 is 10.1 Å². The predicted octanol–water partition coefficient (Wildman–Crippen LogP) is 3.93. The lowest BCUT2D eigenvalue weighted by atomic mass is 10.0. The summed E-state index contributed by atoms with van der Waals surface area (Å²) in [5, 5.41) is 11.2. The summed E-state index contributed by atoms with van der Waals surface area (Å²) in [7, 11) is 0. The zero-order chi connectivity index (χ0) is 18.5. The lowest BCUT2D eigenvalue weighted by Gasteiger charge is -2.26. The highest BCUT2D eigenvalue weighted by atomic mass is 79.9. The van der Waals surface area contributed by atoms with Crippen LogP contribution in [0.25, 0.3) is 0 Å². The Bertz CT molecular complexity index is 640. The minimum absolute atomic E-state index is 0.126. The quantitative estimate of drug-likeness (QED) is 0.515. The van der Waals surface area contributed by atoms with Gasteiger partial charge in [-0.15, -0.1) is 0 Å². The molecular formula is C16H18BrClFNO4. The van der Waals surface area contributed by atoms with Crippen LogP contribution in [0.1, 0.15) is 27.2 Å². The van der Waals surface area contributed by atoms with Gasteiger partial charge in [0.05, 0.1) is 15.0 Å². The summed E-state index contributed by atoms with van der Waals surface area (Å²) in [4.78, 5) is 22.9. The van der Waals surface area contributed by atoms with E-state index in [4.69, 9.17) is 21.4 Å². The summed E-state index contributed by atoms with van der Waals surface area (Å²) in [5.74, 6) is -1.89. The van der Waals surface area contributed by atoms with Crippen molar-refractivity contribution >= 4 is 39.4 Å². The fraction of sp³-hybridized carbons (Fsp3) is 0.375. The third-order valence-electron chi connectivity index (χ3n) is 2.99. The van der Waals surface area contributed by atoms with Crippen molar-refractivity contribution in [3.05, 3.63) is 39.6 Å². The molecule has 1 atom stereocenters. The molecule has 2 N–H and O–H groups in total. The molecule has 0 saturated carbocycles. The van der Waals surface area contributed by atoms with E-state index in [9.17, 15) is 14.0 Å². The Labute approximate surface area is 153 Å². The second kappa shape index (κ2) is 8.48. The van der Waals surface area contributed by atoms with Gasteiger partial charge in [-0.2, -0.15) is 0 Å². The second-order valence-corrected chi connectivity index (χ2v) is 6.86. The average molecular weight is 423 g/mol. The second-order valence-electron chi connectivity index (χ2n) is 5.60. The average Bonchev–Trinajstić information content (AvgIpc) is 2.47. The fourth-order valence-corrected chi connectivity index (χ4v) is 2.57. The molecule has 1 aromatic carbocycles. The van der Waals surface area contributed by atoms with Crippen LogP contribution in [0.2, 0.25) is 5.02 Å². The van der Waals surface area contributed by atoms with Gasteiger partial charge in [0.2, 0.25) is 0 Å². The van der Waals surface area contributed by atoms with Gasteiger partial charge < -0.3 is 15.2 Å². The van der Waals surface area contributed by atoms with E-state index in [0.717, 1.165) is 6.08 Å². The van der Waals surface area contributed by atoms with E-state index in [1.54, 1.807) is 20.8 Å². The van der Waals surface area contributed by atoms with Crippen molar-refractivity contribution < 1.29 is 23.8 Å². The zero-order valence-electron chi connectivity index (χ0n) is 13.4. The molecule has 0 aliphatic carbocycles. The van der Waals surface area contributed by atoms with Crippen LogP contribution in [-0.2, 0) is 9.59 Å². The maximum Gasteiger partial charge on any atom is 0.328 e. The lowest BCUT2D eigenvalue weighted by Crippen LogP contribution is -2.48. The number of carbonyl (C=O) groups excluding carboxylic acids is 1. The third-order valence-corrected chi connectivity index (χ3v) is 3.84. The molecule has 1 amide bonds. The summed E-state index contributed by atoms with van der Waals surface area (Å²) < 4.78 is 19.2. The van der Waals surface area contributed by atoms with Gasteiger partial charge in [-0.05, 0) is 42.3 Å². The number of carboxylic acids is 1. The molecule has 0 spiro atoms. The molecule has 1 unspecified atom stereocenters. The van der Waals surface area contributed by atoms with Crippen LogP contribution in [0.15, 0.2) is 28.8 Å². The molecule has 0 saturated heterocycles. The minimum Gasteiger partial charge on any atom is -0.481 e. The summed E-state index contributed by atoms with van der Waals surface area (Å²) in [5.41, 5.74) is -0.868. The molecule has 0 aliphatic heterocycles. The van der Waals surface area contributed by atoms with Crippen LogP contribution in [0.4, 0.5) is 4.39 Å². The Balaban J connectivity index is 2.86. The first-order chi connectivity index (χ1) is 11.1. The summed E-state index contributed by atoms with van der Waals surface area (Å²) in [6.45, 7) is 5.06. The molecule has 24 heavy (non-hydrogen) atoms. The first-order valence-corrected chi connectivity index (χ1v) is 8.28. The van der Waals surface area contributed by atoms with E-state index in [1.165, 1.54) is 18.2 Å². The number of amides is 1. The van der Waals surface area contributed by atoms with Crippen molar-refractivity contribution in [2.24, 2.45) is 0 Å². The highest BCUT2D eigenvalue weighted by Crippen LogP contribution is 2.29. The van der Waals surface area contributed by atoms with E-state index in [0.29, 0.717) is 6.42 Å². The maximum atomic E-state index is 13.5. The number of hydrogen-bond donors (Lipinski definition) is 2. The van der Waals surface area contributed by atoms with Gasteiger partial charge in [-0.1, -0.05) is 24.6 Å². The van der Waals surface area contributed by atoms with Crippen molar-refractivity contribution in [2.75, 3.05) is 0 Å². The molecule has 132 valence electrons. The van der Waals surface area contributed by atoms with E-state index in [2.05, 4.69) is 21.2 Å². The van der Waals surface area contributed by atoms with E-state index in [1.807, 2.05) is 0 Å². The minimum atomic E-state index is -1.11. The van der Waals surface area contributed by atoms with Crippen molar-refractivity contribution in [1.82, 2.24) is 5.32 Å². The normalized spacial score (nSPS) is 12.9. The maximum absolute atomic E-state index is 13.5. The Morgan fingerprint density at radius 3 is 2.62 bits per heavy atom. The molecule has 0 aliphatic rings. The van der Waals surface area contributed by atoms with Gasteiger partial charge in [0.25, 0.3) is 5.91 Å². The standard InChI is InChI=1S/C16H18BrClFNO4/c1-4-12(15(23)20-16(2,3)6-5-13(21)22)24-9-7-10(17)14(19)11(18)8-9/h5-8,12H,4H2,1-3H3,(H,20,23)(H,21,22)/b6-5+. The van der Waals surface area contributed by atoms with Crippen LogP contribution in [0.5, 0.6) is 5.75 Å². The monoisotopic (exact) mass is 421 g/mol. The van der Waals surface area contributed by atoms with Gasteiger partial charge in [-0.25, -0.2) is 9.18 Å². The Morgan fingerprint density at radius 1 is 1.50 bits per heavy atom. The molecule has 8 heteroatoms. The third kappa shape index (κ3) is 6.13. The highest BCUT2D eigenvalue weighted by Gasteiger charge is 2.25. The number of nitrogens with one attached hydrogen (secondary N) is 1. The number of rotatable bonds is 7. The molecule has 0 fully saturated rings. The van der Waals surface area contributed by atoms with Gasteiger partial charge in [-0.3, -0.25) is 4.79 Å². The fourth-order valence-electron chi connectivity index (χ4n) is 1.81. The summed E-state index contributed by atoms with van der Waals surface area (Å²) in [6, 6.07) is 2.67. The van der Waals surface area contributed by atoms with Crippen molar-refractivity contribution in [3.63, 3.8) is 0 Å². The van der Waals surface area contributed by atoms with Gasteiger partial charge >= 0.3 is 5.97 Å². The van der Waals surface area contributed by atoms with E-state index in [-0.39, 0.29) is 15.2 Å². The first kappa shape index (κ1) is 20.4. The van der Waals surface area contributed by atoms with Gasteiger partial charge in [0.15, 0.2) is 11.9 Å². The molecule has 1 rings (SSSR count). The van der Waals surface area contributed by atoms with Crippen molar-refractivity contribution in [2.45, 2.75) is 38.8 Å². The number of ether oxygens (including phenoxy) is 1. The lowest BCUT2D eigenvalue weighted by molar-refractivity contribution is -0.132. The smallest absolute Gasteiger partial charge is 0.328 e. The van der Waals surface area contributed by atoms with Crippen LogP contribution in [-0.4, -0.2) is 28.6 Å². The largest absolute Gasteiger partial charge is 0.481 e.